The Morgan fingerprint density at radius 3 is 2.53 bits per heavy atom. The third kappa shape index (κ3) is 4.13. The second kappa shape index (κ2) is 8.54. The minimum Gasteiger partial charge on any atom is -0.415 e. The molecule has 0 spiro atoms. The van der Waals surface area contributed by atoms with Gasteiger partial charge in [0.1, 0.15) is 11.5 Å². The maximum absolute atomic E-state index is 14.7. The van der Waals surface area contributed by atoms with Crippen molar-refractivity contribution < 1.29 is 17.6 Å². The molecular formula is C22H19F3N6O. The fraction of sp³-hybridized carbons (Fsp3) is 0.273. The van der Waals surface area contributed by atoms with Gasteiger partial charge in [0.15, 0.2) is 0 Å². The van der Waals surface area contributed by atoms with Crippen molar-refractivity contribution in [2.24, 2.45) is 0 Å². The number of hydrogen-bond acceptors (Lipinski definition) is 6. The Balaban J connectivity index is 1.33. The molecule has 0 bridgehead atoms. The normalized spacial score (nSPS) is 14.1. The van der Waals surface area contributed by atoms with Crippen LogP contribution in [0.25, 0.3) is 22.7 Å². The summed E-state index contributed by atoms with van der Waals surface area (Å²) in [6.07, 6.45) is 0.135. The molecule has 0 amide bonds. The first-order valence-electron chi connectivity index (χ1n) is 10.2. The monoisotopic (exact) mass is 440 g/mol. The number of rotatable bonds is 7. The zero-order valence-corrected chi connectivity index (χ0v) is 17.0. The summed E-state index contributed by atoms with van der Waals surface area (Å²) < 4.78 is 46.4. The first kappa shape index (κ1) is 20.4. The molecule has 0 atom stereocenters. The van der Waals surface area contributed by atoms with E-state index in [1.807, 2.05) is 18.2 Å². The molecular weight excluding hydrogens is 421 g/mol. The molecule has 3 heterocycles. The smallest absolute Gasteiger partial charge is 0.314 e. The Morgan fingerprint density at radius 1 is 0.969 bits per heavy atom. The highest BCUT2D eigenvalue weighted by Gasteiger charge is 2.19. The van der Waals surface area contributed by atoms with Gasteiger partial charge in [-0.2, -0.15) is 8.78 Å². The first-order chi connectivity index (χ1) is 15.6. The van der Waals surface area contributed by atoms with Crippen LogP contribution in [0.2, 0.25) is 0 Å². The van der Waals surface area contributed by atoms with Crippen molar-refractivity contribution in [3.63, 3.8) is 0 Å². The van der Waals surface area contributed by atoms with Crippen molar-refractivity contribution in [2.45, 2.75) is 25.9 Å². The summed E-state index contributed by atoms with van der Waals surface area (Å²) in [5, 5.41) is 15.2. The minimum absolute atomic E-state index is 0.160. The van der Waals surface area contributed by atoms with Crippen LogP contribution in [0.5, 0.6) is 0 Å². The van der Waals surface area contributed by atoms with Crippen LogP contribution >= 0.6 is 0 Å². The number of benzene rings is 2. The molecule has 2 aromatic heterocycles. The molecule has 1 saturated heterocycles. The van der Waals surface area contributed by atoms with E-state index in [1.54, 1.807) is 16.9 Å². The Morgan fingerprint density at radius 2 is 1.81 bits per heavy atom. The molecule has 0 N–H and O–H groups in total. The van der Waals surface area contributed by atoms with Crippen molar-refractivity contribution in [1.82, 2.24) is 30.1 Å². The lowest BCUT2D eigenvalue weighted by Crippen LogP contribution is -2.36. The number of nitrogens with zero attached hydrogens (tertiary/aromatic N) is 6. The third-order valence-corrected chi connectivity index (χ3v) is 5.43. The van der Waals surface area contributed by atoms with Crippen LogP contribution in [0.4, 0.5) is 13.2 Å². The molecule has 2 aromatic carbocycles. The third-order valence-electron chi connectivity index (χ3n) is 5.43. The molecule has 0 radical (unpaired) electrons. The van der Waals surface area contributed by atoms with Crippen molar-refractivity contribution in [1.29, 1.82) is 0 Å². The number of hydrogen-bond donors (Lipinski definition) is 0. The lowest BCUT2D eigenvalue weighted by Gasteiger charge is -2.31. The summed E-state index contributed by atoms with van der Waals surface area (Å²) >= 11 is 0. The SMILES string of the molecule is Fc1cc(-c2nnc(C(F)F)o2)ccc1Cn1cc(-c2ccccc2CN2CCC2)nn1. The van der Waals surface area contributed by atoms with Gasteiger partial charge in [0, 0.05) is 23.2 Å². The quantitative estimate of drug-likeness (QED) is 0.426. The summed E-state index contributed by atoms with van der Waals surface area (Å²) in [6.45, 7) is 3.23. The van der Waals surface area contributed by atoms with Gasteiger partial charge < -0.3 is 4.42 Å². The molecule has 10 heteroatoms. The highest BCUT2D eigenvalue weighted by atomic mass is 19.3. The van der Waals surface area contributed by atoms with Crippen LogP contribution in [-0.2, 0) is 13.1 Å². The predicted octanol–water partition coefficient (Wildman–Crippen LogP) is 4.33. The van der Waals surface area contributed by atoms with E-state index in [4.69, 9.17) is 4.42 Å². The van der Waals surface area contributed by atoms with Gasteiger partial charge in [0.05, 0.1) is 12.7 Å². The zero-order chi connectivity index (χ0) is 22.1. The Labute approximate surface area is 181 Å². The maximum atomic E-state index is 14.7. The van der Waals surface area contributed by atoms with Crippen LogP contribution in [-0.4, -0.2) is 43.2 Å². The van der Waals surface area contributed by atoms with Crippen molar-refractivity contribution >= 4 is 0 Å². The summed E-state index contributed by atoms with van der Waals surface area (Å²) in [5.74, 6) is -1.49. The van der Waals surface area contributed by atoms with Gasteiger partial charge in [-0.1, -0.05) is 35.5 Å². The molecule has 7 nitrogen and oxygen atoms in total. The Hall–Kier alpha value is -3.53. The van der Waals surface area contributed by atoms with Gasteiger partial charge in [0.2, 0.25) is 5.89 Å². The summed E-state index contributed by atoms with van der Waals surface area (Å²) in [4.78, 5) is 2.37. The van der Waals surface area contributed by atoms with Crippen LogP contribution in [0, 0.1) is 5.82 Å². The van der Waals surface area contributed by atoms with Gasteiger partial charge in [-0.3, -0.25) is 4.90 Å². The fourth-order valence-corrected chi connectivity index (χ4v) is 3.61. The molecule has 5 rings (SSSR count). The van der Waals surface area contributed by atoms with E-state index in [1.165, 1.54) is 24.1 Å². The number of likely N-dealkylation sites (tertiary alicyclic amines) is 1. The molecule has 1 aliphatic rings. The number of halogens is 3. The van der Waals surface area contributed by atoms with E-state index < -0.39 is 18.1 Å². The largest absolute Gasteiger partial charge is 0.415 e. The lowest BCUT2D eigenvalue weighted by atomic mass is 10.0. The standard InChI is InChI=1S/C22H19F3N6O/c23-18-10-14(21-27-28-22(32-21)20(24)25)6-7-16(18)12-31-13-19(26-29-31)17-5-2-1-4-15(17)11-30-8-3-9-30/h1-2,4-7,10,13,20H,3,8-9,11-12H2. The number of aromatic nitrogens is 5. The summed E-state index contributed by atoms with van der Waals surface area (Å²) in [6, 6.07) is 12.3. The molecule has 32 heavy (non-hydrogen) atoms. The van der Waals surface area contributed by atoms with Crippen LogP contribution in [0.3, 0.4) is 0 Å². The molecule has 4 aromatic rings. The van der Waals surface area contributed by atoms with E-state index in [-0.39, 0.29) is 18.0 Å². The molecule has 0 aliphatic carbocycles. The van der Waals surface area contributed by atoms with Gasteiger partial charge in [-0.05, 0) is 37.2 Å². The zero-order valence-electron chi connectivity index (χ0n) is 17.0. The Bertz CT molecular complexity index is 1230. The second-order valence-corrected chi connectivity index (χ2v) is 7.64. The molecule has 0 unspecified atom stereocenters. The van der Waals surface area contributed by atoms with E-state index in [0.717, 1.165) is 30.9 Å². The van der Waals surface area contributed by atoms with Crippen molar-refractivity contribution in [3.8, 4) is 22.7 Å². The van der Waals surface area contributed by atoms with E-state index >= 15 is 0 Å². The topological polar surface area (TPSA) is 72.9 Å². The predicted molar refractivity (Wildman–Crippen MR) is 109 cm³/mol. The lowest BCUT2D eigenvalue weighted by molar-refractivity contribution is 0.116. The van der Waals surface area contributed by atoms with Crippen molar-refractivity contribution in [3.05, 3.63) is 71.5 Å². The highest BCUT2D eigenvalue weighted by molar-refractivity contribution is 5.62. The van der Waals surface area contributed by atoms with Crippen LogP contribution < -0.4 is 0 Å². The van der Waals surface area contributed by atoms with E-state index in [2.05, 4.69) is 31.5 Å². The molecule has 0 saturated carbocycles. The van der Waals surface area contributed by atoms with Gasteiger partial charge in [0.25, 0.3) is 5.89 Å². The summed E-state index contributed by atoms with van der Waals surface area (Å²) in [5.41, 5.74) is 3.51. The van der Waals surface area contributed by atoms with E-state index in [9.17, 15) is 13.2 Å². The fourth-order valence-electron chi connectivity index (χ4n) is 3.61. The maximum Gasteiger partial charge on any atom is 0.314 e. The number of alkyl halides is 2. The molecule has 1 fully saturated rings. The molecule has 164 valence electrons. The summed E-state index contributed by atoms with van der Waals surface area (Å²) in [7, 11) is 0. The van der Waals surface area contributed by atoms with Gasteiger partial charge >= 0.3 is 6.43 Å². The Kier molecular flexibility index (Phi) is 5.44. The van der Waals surface area contributed by atoms with Gasteiger partial charge in [-0.25, -0.2) is 9.07 Å². The van der Waals surface area contributed by atoms with E-state index in [0.29, 0.717) is 5.56 Å². The van der Waals surface area contributed by atoms with Crippen molar-refractivity contribution in [2.75, 3.05) is 13.1 Å². The van der Waals surface area contributed by atoms with Crippen LogP contribution in [0.15, 0.2) is 53.1 Å². The average Bonchev–Trinajstić information content (AvgIpc) is 3.43. The average molecular weight is 440 g/mol. The highest BCUT2D eigenvalue weighted by Crippen LogP contribution is 2.26. The first-order valence-corrected chi connectivity index (χ1v) is 10.2. The second-order valence-electron chi connectivity index (χ2n) is 7.64. The minimum atomic E-state index is -2.88. The van der Waals surface area contributed by atoms with Gasteiger partial charge in [-0.15, -0.1) is 15.3 Å². The molecule has 1 aliphatic heterocycles. The van der Waals surface area contributed by atoms with Crippen LogP contribution in [0.1, 0.15) is 29.9 Å².